The van der Waals surface area contributed by atoms with Crippen molar-refractivity contribution in [1.29, 1.82) is 0 Å². The van der Waals surface area contributed by atoms with Crippen molar-refractivity contribution in [2.45, 2.75) is 45.3 Å². The number of fused-ring (bicyclic) bond motifs is 1. The molecule has 0 radical (unpaired) electrons. The minimum Gasteiger partial charge on any atom is -0.376 e. The van der Waals surface area contributed by atoms with Crippen LogP contribution >= 0.6 is 0 Å². The van der Waals surface area contributed by atoms with Crippen molar-refractivity contribution in [3.63, 3.8) is 0 Å². The molecule has 0 spiro atoms. The molecule has 3 unspecified atom stereocenters. The molecule has 1 saturated carbocycles. The fraction of sp³-hybridized carbons (Fsp3) is 0.923. The van der Waals surface area contributed by atoms with E-state index in [0.29, 0.717) is 12.0 Å². The molecule has 5 nitrogen and oxygen atoms in total. The van der Waals surface area contributed by atoms with Crippen molar-refractivity contribution >= 4 is 5.91 Å². The molecule has 0 bridgehead atoms. The van der Waals surface area contributed by atoms with Crippen LogP contribution in [0, 0.1) is 11.8 Å². The van der Waals surface area contributed by atoms with Crippen molar-refractivity contribution in [2.24, 2.45) is 11.8 Å². The Bertz CT molecular complexity index is 298. The standard InChI is InChI=1S/C13H24N2O3/c1-3-15-7-11-5-4-10(13(16)14-17)6-12(11)18-8-9(15)2/h9-12,17H,3-8H2,1-2H3,(H,14,16)/t9-,10?,11?,12?/m0/s1. The Kier molecular flexibility index (Phi) is 4.59. The third kappa shape index (κ3) is 2.84. The Labute approximate surface area is 108 Å². The van der Waals surface area contributed by atoms with E-state index < -0.39 is 0 Å². The smallest absolute Gasteiger partial charge is 0.246 e. The number of nitrogens with one attached hydrogen (secondary N) is 1. The molecule has 1 amide bonds. The van der Waals surface area contributed by atoms with Crippen molar-refractivity contribution < 1.29 is 14.7 Å². The van der Waals surface area contributed by atoms with E-state index >= 15 is 0 Å². The second kappa shape index (κ2) is 5.99. The fourth-order valence-electron chi connectivity index (χ4n) is 3.22. The maximum atomic E-state index is 11.5. The minimum atomic E-state index is -0.262. The predicted octanol–water partition coefficient (Wildman–Crippen LogP) is 1.02. The lowest BCUT2D eigenvalue weighted by atomic mass is 9.79. The second-order valence-corrected chi connectivity index (χ2v) is 5.55. The van der Waals surface area contributed by atoms with Crippen LogP contribution in [0.4, 0.5) is 0 Å². The molecule has 2 rings (SSSR count). The van der Waals surface area contributed by atoms with Gasteiger partial charge in [0.25, 0.3) is 0 Å². The van der Waals surface area contributed by atoms with E-state index in [1.54, 1.807) is 5.48 Å². The van der Waals surface area contributed by atoms with Gasteiger partial charge >= 0.3 is 0 Å². The van der Waals surface area contributed by atoms with Gasteiger partial charge < -0.3 is 4.74 Å². The Balaban J connectivity index is 1.99. The summed E-state index contributed by atoms with van der Waals surface area (Å²) in [5.74, 6) is 0.166. The van der Waals surface area contributed by atoms with Crippen LogP contribution in [0.25, 0.3) is 0 Å². The summed E-state index contributed by atoms with van der Waals surface area (Å²) < 4.78 is 5.97. The molecule has 0 aromatic heterocycles. The number of ether oxygens (including phenoxy) is 1. The third-order valence-corrected chi connectivity index (χ3v) is 4.46. The topological polar surface area (TPSA) is 61.8 Å². The first-order valence-electron chi connectivity index (χ1n) is 6.95. The third-order valence-electron chi connectivity index (χ3n) is 4.46. The number of carbonyl (C=O) groups excluding carboxylic acids is 1. The summed E-state index contributed by atoms with van der Waals surface area (Å²) in [5.41, 5.74) is 1.77. The normalized spacial score (nSPS) is 37.7. The first kappa shape index (κ1) is 13.8. The average Bonchev–Trinajstić information content (AvgIpc) is 2.56. The van der Waals surface area contributed by atoms with Gasteiger partial charge in [-0.05, 0) is 38.6 Å². The summed E-state index contributed by atoms with van der Waals surface area (Å²) in [6.07, 6.45) is 2.76. The van der Waals surface area contributed by atoms with Crippen molar-refractivity contribution in [2.75, 3.05) is 19.7 Å². The maximum Gasteiger partial charge on any atom is 0.246 e. The van der Waals surface area contributed by atoms with E-state index in [0.717, 1.165) is 39.0 Å². The highest BCUT2D eigenvalue weighted by Gasteiger charge is 2.37. The number of likely N-dealkylation sites (N-methyl/N-ethyl adjacent to an activating group) is 1. The van der Waals surface area contributed by atoms with Gasteiger partial charge in [-0.1, -0.05) is 6.92 Å². The first-order valence-corrected chi connectivity index (χ1v) is 6.95. The van der Waals surface area contributed by atoms with E-state index in [4.69, 9.17) is 9.94 Å². The number of hydrogen-bond donors (Lipinski definition) is 2. The molecule has 1 aliphatic heterocycles. The predicted molar refractivity (Wildman–Crippen MR) is 67.2 cm³/mol. The number of rotatable bonds is 2. The summed E-state index contributed by atoms with van der Waals surface area (Å²) >= 11 is 0. The van der Waals surface area contributed by atoms with Gasteiger partial charge in [0.2, 0.25) is 5.91 Å². The van der Waals surface area contributed by atoms with Gasteiger partial charge in [-0.15, -0.1) is 0 Å². The molecule has 1 heterocycles. The highest BCUT2D eigenvalue weighted by Crippen LogP contribution is 2.34. The van der Waals surface area contributed by atoms with Gasteiger partial charge in [0.15, 0.2) is 0 Å². The molecule has 4 atom stereocenters. The molecule has 2 fully saturated rings. The molecule has 104 valence electrons. The van der Waals surface area contributed by atoms with E-state index in [2.05, 4.69) is 18.7 Å². The van der Waals surface area contributed by atoms with Crippen LogP contribution in [0.2, 0.25) is 0 Å². The molecule has 1 saturated heterocycles. The molecular weight excluding hydrogens is 232 g/mol. The zero-order valence-corrected chi connectivity index (χ0v) is 11.3. The molecule has 2 N–H and O–H groups in total. The monoisotopic (exact) mass is 256 g/mol. The van der Waals surface area contributed by atoms with E-state index in [9.17, 15) is 4.79 Å². The van der Waals surface area contributed by atoms with Gasteiger partial charge in [-0.25, -0.2) is 5.48 Å². The van der Waals surface area contributed by atoms with Gasteiger partial charge in [-0.2, -0.15) is 0 Å². The van der Waals surface area contributed by atoms with E-state index in [1.165, 1.54) is 0 Å². The molecule has 5 heteroatoms. The highest BCUT2D eigenvalue weighted by molar-refractivity contribution is 5.77. The highest BCUT2D eigenvalue weighted by atomic mass is 16.5. The van der Waals surface area contributed by atoms with Gasteiger partial charge in [0, 0.05) is 18.5 Å². The van der Waals surface area contributed by atoms with Crippen molar-refractivity contribution in [3.05, 3.63) is 0 Å². The average molecular weight is 256 g/mol. The van der Waals surface area contributed by atoms with Crippen LogP contribution in [0.3, 0.4) is 0 Å². The minimum absolute atomic E-state index is 0.0975. The number of nitrogens with zero attached hydrogens (tertiary/aromatic N) is 1. The van der Waals surface area contributed by atoms with Crippen molar-refractivity contribution in [3.8, 4) is 0 Å². The van der Waals surface area contributed by atoms with Gasteiger partial charge in [-0.3, -0.25) is 14.9 Å². The summed E-state index contributed by atoms with van der Waals surface area (Å²) in [6, 6.07) is 0.450. The number of amides is 1. The molecule has 0 aromatic rings. The number of hydroxylamine groups is 1. The summed E-state index contributed by atoms with van der Waals surface area (Å²) in [6.45, 7) is 7.23. The Hall–Kier alpha value is -0.650. The number of carbonyl (C=O) groups is 1. The van der Waals surface area contributed by atoms with Crippen LogP contribution in [-0.2, 0) is 9.53 Å². The Morgan fingerprint density at radius 3 is 2.94 bits per heavy atom. The second-order valence-electron chi connectivity index (χ2n) is 5.55. The van der Waals surface area contributed by atoms with Crippen molar-refractivity contribution in [1.82, 2.24) is 10.4 Å². The largest absolute Gasteiger partial charge is 0.376 e. The first-order chi connectivity index (χ1) is 8.65. The molecular formula is C13H24N2O3. The molecule has 2 aliphatic rings. The molecule has 18 heavy (non-hydrogen) atoms. The zero-order valence-electron chi connectivity index (χ0n) is 11.3. The molecule has 1 aliphatic carbocycles. The lowest BCUT2D eigenvalue weighted by Crippen LogP contribution is -2.41. The summed E-state index contributed by atoms with van der Waals surface area (Å²) in [5, 5.41) is 8.71. The van der Waals surface area contributed by atoms with Crippen LogP contribution in [0.15, 0.2) is 0 Å². The summed E-state index contributed by atoms with van der Waals surface area (Å²) in [7, 11) is 0. The van der Waals surface area contributed by atoms with Crippen LogP contribution < -0.4 is 5.48 Å². The van der Waals surface area contributed by atoms with Crippen LogP contribution in [0.5, 0.6) is 0 Å². The quantitative estimate of drug-likeness (QED) is 0.572. The van der Waals surface area contributed by atoms with Crippen LogP contribution in [-0.4, -0.2) is 47.9 Å². The number of hydrogen-bond acceptors (Lipinski definition) is 4. The fourth-order valence-corrected chi connectivity index (χ4v) is 3.22. The van der Waals surface area contributed by atoms with Gasteiger partial charge in [0.1, 0.15) is 0 Å². The van der Waals surface area contributed by atoms with Gasteiger partial charge in [0.05, 0.1) is 12.7 Å². The lowest BCUT2D eigenvalue weighted by Gasteiger charge is -2.34. The molecule has 0 aromatic carbocycles. The maximum absolute atomic E-state index is 11.5. The Morgan fingerprint density at radius 2 is 2.28 bits per heavy atom. The van der Waals surface area contributed by atoms with E-state index in [-0.39, 0.29) is 17.9 Å². The SMILES string of the molecule is CCN1CC2CCC(C(=O)NO)CC2OC[C@@H]1C. The van der Waals surface area contributed by atoms with E-state index in [1.807, 2.05) is 0 Å². The zero-order chi connectivity index (χ0) is 13.1. The summed E-state index contributed by atoms with van der Waals surface area (Å²) in [4.78, 5) is 13.9. The van der Waals surface area contributed by atoms with Crippen LogP contribution in [0.1, 0.15) is 33.1 Å². The lowest BCUT2D eigenvalue weighted by molar-refractivity contribution is -0.137. The Morgan fingerprint density at radius 1 is 1.50 bits per heavy atom.